The van der Waals surface area contributed by atoms with E-state index in [2.05, 4.69) is 50.5 Å². The fraction of sp³-hybridized carbons (Fsp3) is 0.444. The van der Waals surface area contributed by atoms with E-state index in [0.29, 0.717) is 23.2 Å². The number of nitrogens with one attached hydrogen (secondary N) is 1. The van der Waals surface area contributed by atoms with Gasteiger partial charge in [-0.05, 0) is 18.9 Å². The van der Waals surface area contributed by atoms with Gasteiger partial charge in [-0.1, -0.05) is 41.9 Å². The van der Waals surface area contributed by atoms with E-state index in [1.165, 1.54) is 5.56 Å². The summed E-state index contributed by atoms with van der Waals surface area (Å²) in [6.45, 7) is 6.22. The van der Waals surface area contributed by atoms with Crippen molar-refractivity contribution >= 4 is 17.4 Å². The second-order valence-electron chi connectivity index (χ2n) is 6.06. The molecular formula is C18H23ClN4O. The van der Waals surface area contributed by atoms with Crippen LogP contribution in [0.1, 0.15) is 17.8 Å². The molecule has 1 aliphatic heterocycles. The molecule has 0 bridgehead atoms. The molecule has 1 aliphatic rings. The summed E-state index contributed by atoms with van der Waals surface area (Å²) in [7, 11) is 0. The van der Waals surface area contributed by atoms with Gasteiger partial charge in [-0.25, -0.2) is 9.97 Å². The van der Waals surface area contributed by atoms with Gasteiger partial charge in [-0.15, -0.1) is 0 Å². The van der Waals surface area contributed by atoms with Gasteiger partial charge in [0.1, 0.15) is 16.7 Å². The lowest BCUT2D eigenvalue weighted by atomic mass is 10.2. The molecule has 2 aromatic rings. The van der Waals surface area contributed by atoms with Crippen molar-refractivity contribution < 1.29 is 4.74 Å². The van der Waals surface area contributed by atoms with Gasteiger partial charge < -0.3 is 10.1 Å². The molecule has 5 nitrogen and oxygen atoms in total. The van der Waals surface area contributed by atoms with Gasteiger partial charge in [0.15, 0.2) is 0 Å². The SMILES string of the molecule is Cc1ncc(Cl)c(NCC2CN(Cc3ccccc3)CCCO2)n1. The molecule has 24 heavy (non-hydrogen) atoms. The lowest BCUT2D eigenvalue weighted by Crippen LogP contribution is -2.35. The van der Waals surface area contributed by atoms with Crippen LogP contribution in [0.25, 0.3) is 0 Å². The van der Waals surface area contributed by atoms with Crippen LogP contribution in [0.5, 0.6) is 0 Å². The van der Waals surface area contributed by atoms with E-state index >= 15 is 0 Å². The molecule has 3 rings (SSSR count). The van der Waals surface area contributed by atoms with E-state index in [0.717, 1.165) is 32.7 Å². The highest BCUT2D eigenvalue weighted by molar-refractivity contribution is 6.32. The lowest BCUT2D eigenvalue weighted by Gasteiger charge is -2.24. The van der Waals surface area contributed by atoms with Crippen molar-refractivity contribution in [3.63, 3.8) is 0 Å². The van der Waals surface area contributed by atoms with Crippen LogP contribution in [0.4, 0.5) is 5.82 Å². The van der Waals surface area contributed by atoms with Crippen molar-refractivity contribution in [2.45, 2.75) is 26.0 Å². The molecule has 1 unspecified atom stereocenters. The van der Waals surface area contributed by atoms with Gasteiger partial charge in [-0.3, -0.25) is 4.90 Å². The highest BCUT2D eigenvalue weighted by Crippen LogP contribution is 2.18. The third-order valence-corrected chi connectivity index (χ3v) is 4.32. The second-order valence-corrected chi connectivity index (χ2v) is 6.47. The molecule has 0 spiro atoms. The van der Waals surface area contributed by atoms with Crippen molar-refractivity contribution in [2.24, 2.45) is 0 Å². The maximum atomic E-state index is 6.14. The summed E-state index contributed by atoms with van der Waals surface area (Å²) in [5, 5.41) is 3.84. The number of nitrogens with zero attached hydrogens (tertiary/aromatic N) is 3. The lowest BCUT2D eigenvalue weighted by molar-refractivity contribution is 0.0624. The van der Waals surface area contributed by atoms with Crippen LogP contribution < -0.4 is 5.32 Å². The number of halogens is 1. The zero-order valence-electron chi connectivity index (χ0n) is 13.9. The minimum atomic E-state index is 0.113. The van der Waals surface area contributed by atoms with Crippen LogP contribution in [0.2, 0.25) is 5.02 Å². The molecule has 1 aromatic carbocycles. The number of benzene rings is 1. The predicted octanol–water partition coefficient (Wildman–Crippen LogP) is 3.14. The van der Waals surface area contributed by atoms with Crippen LogP contribution in [0.3, 0.4) is 0 Å². The highest BCUT2D eigenvalue weighted by atomic mass is 35.5. The predicted molar refractivity (Wildman–Crippen MR) is 96.3 cm³/mol. The third-order valence-electron chi connectivity index (χ3n) is 4.04. The number of rotatable bonds is 5. The molecule has 6 heteroatoms. The van der Waals surface area contributed by atoms with Crippen LogP contribution in [-0.4, -0.2) is 47.2 Å². The van der Waals surface area contributed by atoms with Crippen molar-refractivity contribution in [3.8, 4) is 0 Å². The Labute approximate surface area is 148 Å². The highest BCUT2D eigenvalue weighted by Gasteiger charge is 2.19. The molecule has 0 aliphatic carbocycles. The van der Waals surface area contributed by atoms with Crippen LogP contribution in [-0.2, 0) is 11.3 Å². The Morgan fingerprint density at radius 1 is 1.33 bits per heavy atom. The molecule has 128 valence electrons. The van der Waals surface area contributed by atoms with Crippen molar-refractivity contribution in [1.82, 2.24) is 14.9 Å². The molecule has 0 amide bonds. The Morgan fingerprint density at radius 2 is 2.17 bits per heavy atom. The van der Waals surface area contributed by atoms with Gasteiger partial charge in [0.25, 0.3) is 0 Å². The quantitative estimate of drug-likeness (QED) is 0.901. The average Bonchev–Trinajstić information content (AvgIpc) is 2.82. The number of aryl methyl sites for hydroxylation is 1. The first kappa shape index (κ1) is 17.1. The first-order valence-corrected chi connectivity index (χ1v) is 8.69. The number of anilines is 1. The summed E-state index contributed by atoms with van der Waals surface area (Å²) < 4.78 is 5.97. The number of hydrogen-bond donors (Lipinski definition) is 1. The van der Waals surface area contributed by atoms with E-state index in [9.17, 15) is 0 Å². The van der Waals surface area contributed by atoms with E-state index < -0.39 is 0 Å². The first-order valence-electron chi connectivity index (χ1n) is 8.31. The minimum Gasteiger partial charge on any atom is -0.375 e. The van der Waals surface area contributed by atoms with Gasteiger partial charge >= 0.3 is 0 Å². The minimum absolute atomic E-state index is 0.113. The Hall–Kier alpha value is -1.69. The van der Waals surface area contributed by atoms with Crippen LogP contribution >= 0.6 is 11.6 Å². The van der Waals surface area contributed by atoms with E-state index in [1.54, 1.807) is 6.20 Å². The van der Waals surface area contributed by atoms with Crippen molar-refractivity contribution in [1.29, 1.82) is 0 Å². The van der Waals surface area contributed by atoms with Gasteiger partial charge in [0.2, 0.25) is 0 Å². The molecule has 1 N–H and O–H groups in total. The van der Waals surface area contributed by atoms with E-state index in [-0.39, 0.29) is 6.10 Å². The van der Waals surface area contributed by atoms with Crippen molar-refractivity contribution in [3.05, 3.63) is 52.9 Å². The Kier molecular flexibility index (Phi) is 6.01. The summed E-state index contributed by atoms with van der Waals surface area (Å²) in [4.78, 5) is 10.9. The summed E-state index contributed by atoms with van der Waals surface area (Å²) in [6.07, 6.45) is 2.79. The smallest absolute Gasteiger partial charge is 0.148 e. The zero-order chi connectivity index (χ0) is 16.8. The Bertz CT molecular complexity index is 653. The number of aromatic nitrogens is 2. The molecular weight excluding hydrogens is 324 g/mol. The van der Waals surface area contributed by atoms with Crippen LogP contribution in [0.15, 0.2) is 36.5 Å². The second kappa shape index (κ2) is 8.42. The van der Waals surface area contributed by atoms with Crippen LogP contribution in [0, 0.1) is 6.92 Å². The number of hydrogen-bond acceptors (Lipinski definition) is 5. The van der Waals surface area contributed by atoms with Gasteiger partial charge in [0, 0.05) is 32.8 Å². The molecule has 1 fully saturated rings. The average molecular weight is 347 g/mol. The monoisotopic (exact) mass is 346 g/mol. The van der Waals surface area contributed by atoms with Crippen molar-refractivity contribution in [2.75, 3.05) is 31.6 Å². The van der Waals surface area contributed by atoms with Gasteiger partial charge in [-0.2, -0.15) is 0 Å². The largest absolute Gasteiger partial charge is 0.375 e. The molecule has 0 radical (unpaired) electrons. The zero-order valence-corrected chi connectivity index (χ0v) is 14.7. The molecule has 0 saturated carbocycles. The summed E-state index contributed by atoms with van der Waals surface area (Å²) >= 11 is 6.14. The maximum absolute atomic E-state index is 6.14. The van der Waals surface area contributed by atoms with Gasteiger partial charge in [0.05, 0.1) is 12.3 Å². The number of ether oxygens (including phenoxy) is 1. The van der Waals surface area contributed by atoms with E-state index in [4.69, 9.17) is 16.3 Å². The Balaban J connectivity index is 1.57. The summed E-state index contributed by atoms with van der Waals surface area (Å²) in [6, 6.07) is 10.6. The summed E-state index contributed by atoms with van der Waals surface area (Å²) in [5.74, 6) is 1.38. The third kappa shape index (κ3) is 4.90. The molecule has 1 atom stereocenters. The fourth-order valence-electron chi connectivity index (χ4n) is 2.87. The summed E-state index contributed by atoms with van der Waals surface area (Å²) in [5.41, 5.74) is 1.33. The Morgan fingerprint density at radius 3 is 3.00 bits per heavy atom. The first-order chi connectivity index (χ1) is 11.7. The normalized spacial score (nSPS) is 19.0. The topological polar surface area (TPSA) is 50.3 Å². The van der Waals surface area contributed by atoms with E-state index in [1.807, 2.05) is 6.92 Å². The maximum Gasteiger partial charge on any atom is 0.148 e. The molecule has 1 saturated heterocycles. The molecule has 1 aromatic heterocycles. The molecule has 2 heterocycles. The standard InChI is InChI=1S/C18H23ClN4O/c1-14-20-11-17(19)18(22-14)21-10-16-13-23(8-5-9-24-16)12-15-6-3-2-4-7-15/h2-4,6-7,11,16H,5,8-10,12-13H2,1H3,(H,20,21,22). The fourth-order valence-corrected chi connectivity index (χ4v) is 3.03.